The quantitative estimate of drug-likeness (QED) is 0.359. The summed E-state index contributed by atoms with van der Waals surface area (Å²) in [5, 5.41) is 15.5. The van der Waals surface area contributed by atoms with Crippen LogP contribution in [0.1, 0.15) is 5.76 Å². The van der Waals surface area contributed by atoms with Gasteiger partial charge in [0.2, 0.25) is 0 Å². The highest BCUT2D eigenvalue weighted by molar-refractivity contribution is 7.99. The van der Waals surface area contributed by atoms with Crippen molar-refractivity contribution >= 4 is 34.0 Å². The van der Waals surface area contributed by atoms with Crippen LogP contribution in [0.2, 0.25) is 0 Å². The van der Waals surface area contributed by atoms with Crippen LogP contribution in [-0.2, 0) is 6.54 Å². The van der Waals surface area contributed by atoms with Gasteiger partial charge < -0.3 is 14.3 Å². The number of nitro groups is 1. The molecule has 0 aliphatic heterocycles. The number of anilines is 1. The first-order valence-corrected chi connectivity index (χ1v) is 9.21. The zero-order chi connectivity index (χ0) is 18.8. The van der Waals surface area contributed by atoms with Crippen molar-refractivity contribution in [3.63, 3.8) is 0 Å². The van der Waals surface area contributed by atoms with Gasteiger partial charge in [-0.1, -0.05) is 23.9 Å². The number of aromatic nitrogens is 1. The van der Waals surface area contributed by atoms with Crippen LogP contribution in [0.4, 0.5) is 11.4 Å². The molecule has 0 saturated heterocycles. The van der Waals surface area contributed by atoms with E-state index >= 15 is 0 Å². The van der Waals surface area contributed by atoms with Gasteiger partial charge in [-0.05, 0) is 36.4 Å². The molecule has 0 bridgehead atoms. The number of fused-ring (bicyclic) bond motifs is 1. The Morgan fingerprint density at radius 1 is 1.15 bits per heavy atom. The fraction of sp³-hybridized carbons (Fsp3) is 0.100. The number of rotatable bonds is 6. The molecule has 0 unspecified atom stereocenters. The van der Waals surface area contributed by atoms with Crippen LogP contribution in [0.3, 0.4) is 0 Å². The number of nitrogens with zero attached hydrogens (tertiary/aromatic N) is 2. The Morgan fingerprint density at radius 2 is 2.00 bits per heavy atom. The molecule has 0 amide bonds. The third-order valence-electron chi connectivity index (χ3n) is 4.32. The molecular formula is C20H17N3O3S. The van der Waals surface area contributed by atoms with Gasteiger partial charge in [-0.3, -0.25) is 10.1 Å². The van der Waals surface area contributed by atoms with E-state index in [9.17, 15) is 10.1 Å². The van der Waals surface area contributed by atoms with E-state index in [1.807, 2.05) is 43.6 Å². The molecule has 6 nitrogen and oxygen atoms in total. The predicted octanol–water partition coefficient (Wildman–Crippen LogP) is 5.38. The zero-order valence-corrected chi connectivity index (χ0v) is 15.4. The van der Waals surface area contributed by atoms with Gasteiger partial charge in [-0.2, -0.15) is 0 Å². The van der Waals surface area contributed by atoms with Gasteiger partial charge >= 0.3 is 0 Å². The number of nitro benzene ring substituents is 1. The third kappa shape index (κ3) is 3.41. The van der Waals surface area contributed by atoms with Gasteiger partial charge in [0.05, 0.1) is 28.1 Å². The van der Waals surface area contributed by atoms with Gasteiger partial charge in [0.25, 0.3) is 5.69 Å². The maximum absolute atomic E-state index is 11.3. The molecule has 0 atom stereocenters. The van der Waals surface area contributed by atoms with Crippen molar-refractivity contribution in [3.8, 4) is 0 Å². The summed E-state index contributed by atoms with van der Waals surface area (Å²) in [6, 6.07) is 16.7. The summed E-state index contributed by atoms with van der Waals surface area (Å²) >= 11 is 1.41. The molecular weight excluding hydrogens is 362 g/mol. The van der Waals surface area contributed by atoms with Crippen LogP contribution in [-0.4, -0.2) is 16.5 Å². The van der Waals surface area contributed by atoms with Gasteiger partial charge in [-0.25, -0.2) is 0 Å². The third-order valence-corrected chi connectivity index (χ3v) is 5.43. The molecule has 2 aromatic heterocycles. The maximum atomic E-state index is 11.3. The van der Waals surface area contributed by atoms with Crippen molar-refractivity contribution in [1.29, 1.82) is 0 Å². The molecule has 2 heterocycles. The van der Waals surface area contributed by atoms with E-state index in [2.05, 4.69) is 16.0 Å². The lowest BCUT2D eigenvalue weighted by atomic mass is 10.2. The first-order chi connectivity index (χ1) is 13.2. The summed E-state index contributed by atoms with van der Waals surface area (Å²) in [4.78, 5) is 12.6. The highest BCUT2D eigenvalue weighted by atomic mass is 32.2. The van der Waals surface area contributed by atoms with Crippen LogP contribution in [0.5, 0.6) is 0 Å². The largest absolute Gasteiger partial charge is 0.467 e. The van der Waals surface area contributed by atoms with Crippen LogP contribution < -0.4 is 5.32 Å². The lowest BCUT2D eigenvalue weighted by Gasteiger charge is -2.05. The summed E-state index contributed by atoms with van der Waals surface area (Å²) in [6.07, 6.45) is 3.68. The molecule has 4 rings (SSSR count). The Kier molecular flexibility index (Phi) is 4.60. The predicted molar refractivity (Wildman–Crippen MR) is 107 cm³/mol. The van der Waals surface area contributed by atoms with Crippen LogP contribution in [0.25, 0.3) is 10.9 Å². The standard InChI is InChI=1S/C20H17N3O3S/c1-21-14-8-9-16-18(11-14)22(12-15-5-4-10-26-15)13-20(16)27-19-7-3-2-6-17(19)23(24)25/h2-11,13,21H,12H2,1H3. The van der Waals surface area contributed by atoms with Crippen molar-refractivity contribution in [2.45, 2.75) is 16.3 Å². The molecule has 0 saturated carbocycles. The average Bonchev–Trinajstić information content (AvgIpc) is 3.30. The molecule has 4 aromatic rings. The van der Waals surface area contributed by atoms with Gasteiger partial charge in [0, 0.05) is 35.3 Å². The number of hydrogen-bond acceptors (Lipinski definition) is 5. The van der Waals surface area contributed by atoms with E-state index in [0.717, 1.165) is 27.2 Å². The molecule has 7 heteroatoms. The minimum atomic E-state index is -0.344. The Labute approximate surface area is 159 Å². The molecule has 0 fully saturated rings. The average molecular weight is 379 g/mol. The maximum Gasteiger partial charge on any atom is 0.283 e. The minimum absolute atomic E-state index is 0.112. The van der Waals surface area contributed by atoms with E-state index in [1.165, 1.54) is 17.8 Å². The summed E-state index contributed by atoms with van der Waals surface area (Å²) in [5.74, 6) is 0.851. The summed E-state index contributed by atoms with van der Waals surface area (Å²) < 4.78 is 7.59. The highest BCUT2D eigenvalue weighted by Crippen LogP contribution is 2.39. The van der Waals surface area contributed by atoms with E-state index in [4.69, 9.17) is 4.42 Å². The molecule has 1 N–H and O–H groups in total. The first kappa shape index (κ1) is 17.2. The second kappa shape index (κ2) is 7.20. The number of nitrogens with one attached hydrogen (secondary N) is 1. The van der Waals surface area contributed by atoms with E-state index in [0.29, 0.717) is 11.4 Å². The summed E-state index contributed by atoms with van der Waals surface area (Å²) in [5.41, 5.74) is 2.16. The van der Waals surface area contributed by atoms with Crippen molar-refractivity contribution in [3.05, 3.63) is 82.9 Å². The minimum Gasteiger partial charge on any atom is -0.467 e. The number of benzene rings is 2. The van der Waals surface area contributed by atoms with Gasteiger partial charge in [-0.15, -0.1) is 0 Å². The van der Waals surface area contributed by atoms with E-state index in [-0.39, 0.29) is 10.6 Å². The second-order valence-electron chi connectivity index (χ2n) is 6.01. The highest BCUT2D eigenvalue weighted by Gasteiger charge is 2.17. The van der Waals surface area contributed by atoms with Crippen molar-refractivity contribution < 1.29 is 9.34 Å². The van der Waals surface area contributed by atoms with Crippen LogP contribution in [0, 0.1) is 10.1 Å². The lowest BCUT2D eigenvalue weighted by molar-refractivity contribution is -0.387. The number of furan rings is 1. The second-order valence-corrected chi connectivity index (χ2v) is 7.09. The smallest absolute Gasteiger partial charge is 0.283 e. The van der Waals surface area contributed by atoms with Crippen molar-refractivity contribution in [2.75, 3.05) is 12.4 Å². The number of para-hydroxylation sites is 1. The molecule has 0 radical (unpaired) electrons. The Hall–Kier alpha value is -3.19. The van der Waals surface area contributed by atoms with E-state index < -0.39 is 0 Å². The monoisotopic (exact) mass is 379 g/mol. The normalized spacial score (nSPS) is 11.0. The van der Waals surface area contributed by atoms with Gasteiger partial charge in [0.15, 0.2) is 0 Å². The SMILES string of the molecule is CNc1ccc2c(Sc3ccccc3[N+](=O)[O-])cn(Cc3ccco3)c2c1. The van der Waals surface area contributed by atoms with Crippen molar-refractivity contribution in [1.82, 2.24) is 4.57 Å². The van der Waals surface area contributed by atoms with Gasteiger partial charge in [0.1, 0.15) is 5.76 Å². The fourth-order valence-electron chi connectivity index (χ4n) is 3.01. The fourth-order valence-corrected chi connectivity index (χ4v) is 4.10. The molecule has 27 heavy (non-hydrogen) atoms. The summed E-state index contributed by atoms with van der Waals surface area (Å²) in [6.45, 7) is 0.591. The molecule has 0 spiro atoms. The lowest BCUT2D eigenvalue weighted by Crippen LogP contribution is -1.97. The Bertz CT molecular complexity index is 1100. The molecule has 2 aromatic carbocycles. The molecule has 0 aliphatic rings. The number of hydrogen-bond donors (Lipinski definition) is 1. The zero-order valence-electron chi connectivity index (χ0n) is 14.6. The molecule has 0 aliphatic carbocycles. The first-order valence-electron chi connectivity index (χ1n) is 8.40. The summed E-state index contributed by atoms with van der Waals surface area (Å²) in [7, 11) is 1.88. The topological polar surface area (TPSA) is 73.2 Å². The van der Waals surface area contributed by atoms with Crippen LogP contribution in [0.15, 0.2) is 81.3 Å². The van der Waals surface area contributed by atoms with Crippen LogP contribution >= 0.6 is 11.8 Å². The Morgan fingerprint density at radius 3 is 2.74 bits per heavy atom. The van der Waals surface area contributed by atoms with Crippen molar-refractivity contribution in [2.24, 2.45) is 0 Å². The Balaban J connectivity index is 1.80. The molecule has 136 valence electrons. The van der Waals surface area contributed by atoms with E-state index in [1.54, 1.807) is 18.4 Å².